The first-order valence-corrected chi connectivity index (χ1v) is 7.08. The summed E-state index contributed by atoms with van der Waals surface area (Å²) < 4.78 is 13.3. The van der Waals surface area contributed by atoms with Gasteiger partial charge in [0.25, 0.3) is 0 Å². The SMILES string of the molecule is Cc1cc(F)cc(NC2CCCC(C(C)C)C2)c1. The number of rotatable bonds is 3. The van der Waals surface area contributed by atoms with E-state index in [1.165, 1.54) is 25.7 Å². The second-order valence-corrected chi connectivity index (χ2v) is 6.03. The molecule has 1 aliphatic carbocycles. The second-order valence-electron chi connectivity index (χ2n) is 6.03. The van der Waals surface area contributed by atoms with Crippen LogP contribution in [0.3, 0.4) is 0 Å². The fourth-order valence-electron chi connectivity index (χ4n) is 3.02. The zero-order valence-corrected chi connectivity index (χ0v) is 11.7. The lowest BCUT2D eigenvalue weighted by atomic mass is 9.79. The number of anilines is 1. The van der Waals surface area contributed by atoms with Gasteiger partial charge >= 0.3 is 0 Å². The molecule has 0 heterocycles. The molecule has 0 aromatic heterocycles. The van der Waals surface area contributed by atoms with Crippen molar-refractivity contribution in [2.45, 2.75) is 52.5 Å². The summed E-state index contributed by atoms with van der Waals surface area (Å²) in [6.07, 6.45) is 5.05. The van der Waals surface area contributed by atoms with Gasteiger partial charge < -0.3 is 5.32 Å². The first kappa shape index (κ1) is 13.4. The van der Waals surface area contributed by atoms with E-state index in [9.17, 15) is 4.39 Å². The summed E-state index contributed by atoms with van der Waals surface area (Å²) in [7, 11) is 0. The maximum atomic E-state index is 13.3. The van der Waals surface area contributed by atoms with Gasteiger partial charge in [0, 0.05) is 11.7 Å². The van der Waals surface area contributed by atoms with Gasteiger partial charge in [0.15, 0.2) is 0 Å². The standard InChI is InChI=1S/C16H24FN/c1-11(2)13-5-4-6-15(9-13)18-16-8-12(3)7-14(17)10-16/h7-8,10-11,13,15,18H,4-6,9H2,1-3H3. The minimum atomic E-state index is -0.145. The number of benzene rings is 1. The summed E-state index contributed by atoms with van der Waals surface area (Å²) in [6, 6.07) is 5.71. The first-order valence-electron chi connectivity index (χ1n) is 7.08. The van der Waals surface area contributed by atoms with Crippen molar-refractivity contribution in [1.29, 1.82) is 0 Å². The van der Waals surface area contributed by atoms with Crippen LogP contribution in [0.4, 0.5) is 10.1 Å². The largest absolute Gasteiger partial charge is 0.382 e. The van der Waals surface area contributed by atoms with Gasteiger partial charge in [-0.15, -0.1) is 0 Å². The topological polar surface area (TPSA) is 12.0 Å². The number of aryl methyl sites for hydroxylation is 1. The lowest BCUT2D eigenvalue weighted by Crippen LogP contribution is -2.29. The lowest BCUT2D eigenvalue weighted by Gasteiger charge is -2.32. The number of nitrogens with one attached hydrogen (secondary N) is 1. The van der Waals surface area contributed by atoms with Crippen molar-refractivity contribution in [1.82, 2.24) is 0 Å². The van der Waals surface area contributed by atoms with E-state index in [4.69, 9.17) is 0 Å². The second kappa shape index (κ2) is 5.73. The highest BCUT2D eigenvalue weighted by Gasteiger charge is 2.23. The molecule has 18 heavy (non-hydrogen) atoms. The van der Waals surface area contributed by atoms with Crippen LogP contribution in [0.15, 0.2) is 18.2 Å². The molecule has 2 unspecified atom stereocenters. The van der Waals surface area contributed by atoms with E-state index >= 15 is 0 Å². The van der Waals surface area contributed by atoms with Crippen LogP contribution in [0.2, 0.25) is 0 Å². The van der Waals surface area contributed by atoms with Crippen LogP contribution >= 0.6 is 0 Å². The quantitative estimate of drug-likeness (QED) is 0.814. The molecule has 2 heteroatoms. The average Bonchev–Trinajstić information content (AvgIpc) is 2.27. The smallest absolute Gasteiger partial charge is 0.125 e. The van der Waals surface area contributed by atoms with Crippen molar-refractivity contribution < 1.29 is 4.39 Å². The molecule has 1 fully saturated rings. The zero-order chi connectivity index (χ0) is 13.1. The molecule has 2 rings (SSSR count). The maximum absolute atomic E-state index is 13.3. The van der Waals surface area contributed by atoms with E-state index in [1.54, 1.807) is 12.1 Å². The molecule has 1 saturated carbocycles. The summed E-state index contributed by atoms with van der Waals surface area (Å²) in [5.41, 5.74) is 1.91. The third-order valence-corrected chi connectivity index (χ3v) is 4.07. The van der Waals surface area contributed by atoms with Gasteiger partial charge in [-0.2, -0.15) is 0 Å². The van der Waals surface area contributed by atoms with Crippen molar-refractivity contribution in [3.05, 3.63) is 29.6 Å². The average molecular weight is 249 g/mol. The van der Waals surface area contributed by atoms with Gasteiger partial charge in [0.05, 0.1) is 0 Å². The molecular formula is C16H24FN. The molecule has 1 aromatic rings. The molecule has 0 aliphatic heterocycles. The fraction of sp³-hybridized carbons (Fsp3) is 0.625. The fourth-order valence-corrected chi connectivity index (χ4v) is 3.02. The Morgan fingerprint density at radius 3 is 2.67 bits per heavy atom. The van der Waals surface area contributed by atoms with Gasteiger partial charge in [0.2, 0.25) is 0 Å². The summed E-state index contributed by atoms with van der Waals surface area (Å²) in [4.78, 5) is 0. The lowest BCUT2D eigenvalue weighted by molar-refractivity contribution is 0.264. The molecule has 1 aromatic carbocycles. The van der Waals surface area contributed by atoms with E-state index in [0.29, 0.717) is 6.04 Å². The molecule has 2 atom stereocenters. The Labute approximate surface area is 110 Å². The Balaban J connectivity index is 2.00. The first-order chi connectivity index (χ1) is 8.54. The van der Waals surface area contributed by atoms with E-state index in [1.807, 2.05) is 13.0 Å². The molecule has 0 saturated heterocycles. The van der Waals surface area contributed by atoms with Gasteiger partial charge in [-0.25, -0.2) is 4.39 Å². The summed E-state index contributed by atoms with van der Waals surface area (Å²) in [6.45, 7) is 6.55. The molecule has 1 nitrogen and oxygen atoms in total. The van der Waals surface area contributed by atoms with Crippen LogP contribution in [-0.4, -0.2) is 6.04 Å². The van der Waals surface area contributed by atoms with Crippen LogP contribution < -0.4 is 5.32 Å². The zero-order valence-electron chi connectivity index (χ0n) is 11.7. The Morgan fingerprint density at radius 1 is 1.22 bits per heavy atom. The van der Waals surface area contributed by atoms with Crippen molar-refractivity contribution in [3.8, 4) is 0 Å². The Bertz CT molecular complexity index is 380. The van der Waals surface area contributed by atoms with Gasteiger partial charge in [0.1, 0.15) is 5.82 Å². The van der Waals surface area contributed by atoms with Crippen molar-refractivity contribution in [3.63, 3.8) is 0 Å². The predicted molar refractivity (Wildman–Crippen MR) is 75.3 cm³/mol. The van der Waals surface area contributed by atoms with E-state index in [-0.39, 0.29) is 5.82 Å². The molecule has 1 aliphatic rings. The number of hydrogen-bond donors (Lipinski definition) is 1. The van der Waals surface area contributed by atoms with Crippen molar-refractivity contribution >= 4 is 5.69 Å². The molecule has 0 radical (unpaired) electrons. The van der Waals surface area contributed by atoms with Gasteiger partial charge in [-0.3, -0.25) is 0 Å². The highest BCUT2D eigenvalue weighted by molar-refractivity contribution is 5.46. The minimum Gasteiger partial charge on any atom is -0.382 e. The number of halogens is 1. The molecule has 0 amide bonds. The summed E-state index contributed by atoms with van der Waals surface area (Å²) in [5, 5.41) is 3.51. The monoisotopic (exact) mass is 249 g/mol. The van der Waals surface area contributed by atoms with E-state index < -0.39 is 0 Å². The van der Waals surface area contributed by atoms with Gasteiger partial charge in [-0.1, -0.05) is 26.7 Å². The van der Waals surface area contributed by atoms with Crippen LogP contribution in [-0.2, 0) is 0 Å². The van der Waals surface area contributed by atoms with Crippen LogP contribution in [0.5, 0.6) is 0 Å². The maximum Gasteiger partial charge on any atom is 0.125 e. The van der Waals surface area contributed by atoms with Crippen molar-refractivity contribution in [2.75, 3.05) is 5.32 Å². The van der Waals surface area contributed by atoms with Crippen LogP contribution in [0.25, 0.3) is 0 Å². The molecule has 0 bridgehead atoms. The molecule has 1 N–H and O–H groups in total. The third-order valence-electron chi connectivity index (χ3n) is 4.07. The summed E-state index contributed by atoms with van der Waals surface area (Å²) >= 11 is 0. The highest BCUT2D eigenvalue weighted by Crippen LogP contribution is 2.31. The number of hydrogen-bond acceptors (Lipinski definition) is 1. The molecule has 100 valence electrons. The van der Waals surface area contributed by atoms with Crippen LogP contribution in [0, 0.1) is 24.6 Å². The Hall–Kier alpha value is -1.05. The minimum absolute atomic E-state index is 0.145. The van der Waals surface area contributed by atoms with Gasteiger partial charge in [-0.05, 0) is 55.4 Å². The van der Waals surface area contributed by atoms with Crippen LogP contribution in [0.1, 0.15) is 45.1 Å². The molecular weight excluding hydrogens is 225 g/mol. The summed E-state index contributed by atoms with van der Waals surface area (Å²) in [5.74, 6) is 1.42. The van der Waals surface area contributed by atoms with E-state index in [2.05, 4.69) is 19.2 Å². The predicted octanol–water partition coefficient (Wildman–Crippen LogP) is 4.76. The molecule has 0 spiro atoms. The third kappa shape index (κ3) is 3.47. The normalized spacial score (nSPS) is 24.3. The van der Waals surface area contributed by atoms with E-state index in [0.717, 1.165) is 23.1 Å². The Kier molecular flexibility index (Phi) is 4.26. The van der Waals surface area contributed by atoms with Crippen molar-refractivity contribution in [2.24, 2.45) is 11.8 Å². The highest BCUT2D eigenvalue weighted by atomic mass is 19.1. The Morgan fingerprint density at radius 2 is 2.00 bits per heavy atom.